The van der Waals surface area contributed by atoms with Crippen molar-refractivity contribution in [1.82, 2.24) is 15.2 Å². The molecule has 0 bridgehead atoms. The second-order valence-electron chi connectivity index (χ2n) is 7.06. The molecule has 2 amide bonds. The smallest absolute Gasteiger partial charge is 0.254 e. The maximum Gasteiger partial charge on any atom is 0.254 e. The third-order valence-electron chi connectivity index (χ3n) is 5.01. The van der Waals surface area contributed by atoms with Gasteiger partial charge in [-0.15, -0.1) is 0 Å². The van der Waals surface area contributed by atoms with Gasteiger partial charge in [0.1, 0.15) is 6.61 Å². The molecule has 3 rings (SSSR count). The molecule has 1 saturated heterocycles. The fourth-order valence-corrected chi connectivity index (χ4v) is 3.55. The van der Waals surface area contributed by atoms with E-state index in [9.17, 15) is 9.59 Å². The normalized spacial score (nSPS) is 19.0. The number of likely N-dealkylation sites (N-methyl/N-ethyl adjacent to an activating group) is 1. The van der Waals surface area contributed by atoms with E-state index in [1.54, 1.807) is 17.3 Å². The van der Waals surface area contributed by atoms with Crippen molar-refractivity contribution in [3.05, 3.63) is 54.4 Å². The van der Waals surface area contributed by atoms with Crippen molar-refractivity contribution >= 4 is 11.8 Å². The molecule has 154 valence electrons. The third-order valence-corrected chi connectivity index (χ3v) is 5.01. The van der Waals surface area contributed by atoms with Crippen molar-refractivity contribution in [2.45, 2.75) is 18.9 Å². The van der Waals surface area contributed by atoms with E-state index in [0.717, 1.165) is 16.7 Å². The van der Waals surface area contributed by atoms with Crippen LogP contribution in [0.3, 0.4) is 0 Å². The van der Waals surface area contributed by atoms with Crippen LogP contribution in [-0.4, -0.2) is 67.3 Å². The van der Waals surface area contributed by atoms with E-state index >= 15 is 0 Å². The van der Waals surface area contributed by atoms with Crippen molar-refractivity contribution in [1.29, 1.82) is 0 Å². The van der Waals surface area contributed by atoms with Crippen molar-refractivity contribution in [2.24, 2.45) is 0 Å². The first kappa shape index (κ1) is 21.0. The van der Waals surface area contributed by atoms with Crippen molar-refractivity contribution in [2.75, 3.05) is 40.0 Å². The van der Waals surface area contributed by atoms with Gasteiger partial charge in [-0.1, -0.05) is 24.3 Å². The number of nitrogens with one attached hydrogen (secondary N) is 1. The van der Waals surface area contributed by atoms with Gasteiger partial charge in [-0.05, 0) is 35.7 Å². The van der Waals surface area contributed by atoms with Crippen molar-refractivity contribution < 1.29 is 19.1 Å². The summed E-state index contributed by atoms with van der Waals surface area (Å²) in [6, 6.07) is 11.9. The summed E-state index contributed by atoms with van der Waals surface area (Å²) >= 11 is 0. The van der Waals surface area contributed by atoms with Crippen LogP contribution in [0.2, 0.25) is 0 Å². The highest BCUT2D eigenvalue weighted by molar-refractivity contribution is 5.87. The summed E-state index contributed by atoms with van der Waals surface area (Å²) in [7, 11) is 1.49. The molecule has 1 unspecified atom stereocenters. The zero-order valence-corrected chi connectivity index (χ0v) is 16.9. The number of methoxy groups -OCH3 is 1. The third kappa shape index (κ3) is 4.99. The number of hydrogen-bond donors (Lipinski definition) is 1. The molecule has 7 nitrogen and oxygen atoms in total. The lowest BCUT2D eigenvalue weighted by molar-refractivity contribution is -0.167. The van der Waals surface area contributed by atoms with Crippen molar-refractivity contribution in [3.8, 4) is 11.1 Å². The highest BCUT2D eigenvalue weighted by Gasteiger charge is 2.44. The average molecular weight is 397 g/mol. The minimum Gasteiger partial charge on any atom is -0.375 e. The molecule has 7 heteroatoms. The quantitative estimate of drug-likeness (QED) is 0.769. The van der Waals surface area contributed by atoms with Gasteiger partial charge in [0.05, 0.1) is 13.2 Å². The van der Waals surface area contributed by atoms with Crippen LogP contribution in [0, 0.1) is 0 Å². The van der Waals surface area contributed by atoms with Crippen LogP contribution in [0.1, 0.15) is 12.5 Å². The summed E-state index contributed by atoms with van der Waals surface area (Å²) in [4.78, 5) is 30.9. The number of aromatic nitrogens is 1. The molecule has 29 heavy (non-hydrogen) atoms. The van der Waals surface area contributed by atoms with E-state index in [0.29, 0.717) is 26.1 Å². The number of carbonyl (C=O) groups is 2. The Morgan fingerprint density at radius 2 is 1.86 bits per heavy atom. The van der Waals surface area contributed by atoms with E-state index in [4.69, 9.17) is 9.47 Å². The van der Waals surface area contributed by atoms with Gasteiger partial charge in [-0.2, -0.15) is 0 Å². The molecule has 0 aliphatic carbocycles. The Morgan fingerprint density at radius 1 is 1.17 bits per heavy atom. The van der Waals surface area contributed by atoms with Gasteiger partial charge < -0.3 is 19.7 Å². The molecule has 0 saturated carbocycles. The minimum absolute atomic E-state index is 0.00783. The number of rotatable bonds is 7. The van der Waals surface area contributed by atoms with Crippen LogP contribution >= 0.6 is 0 Å². The average Bonchev–Trinajstić information content (AvgIpc) is 2.75. The number of nitrogens with zero attached hydrogens (tertiary/aromatic N) is 2. The summed E-state index contributed by atoms with van der Waals surface area (Å²) in [5.74, 6) is -0.342. The number of pyridine rings is 1. The minimum atomic E-state index is -1.12. The number of benzene rings is 1. The highest BCUT2D eigenvalue weighted by atomic mass is 16.5. The summed E-state index contributed by atoms with van der Waals surface area (Å²) in [5, 5.41) is 2.86. The molecular weight excluding hydrogens is 370 g/mol. The van der Waals surface area contributed by atoms with Gasteiger partial charge in [0.25, 0.3) is 5.91 Å². The first-order valence-electron chi connectivity index (χ1n) is 9.76. The molecule has 2 heterocycles. The Hall–Kier alpha value is -2.77. The zero-order valence-electron chi connectivity index (χ0n) is 16.9. The van der Waals surface area contributed by atoms with Gasteiger partial charge in [0.15, 0.2) is 5.60 Å². The van der Waals surface area contributed by atoms with Crippen LogP contribution in [0.4, 0.5) is 0 Å². The largest absolute Gasteiger partial charge is 0.375 e. The van der Waals surface area contributed by atoms with Gasteiger partial charge in [0, 0.05) is 39.0 Å². The number of amides is 2. The molecule has 2 aromatic rings. The predicted molar refractivity (Wildman–Crippen MR) is 109 cm³/mol. The molecular formula is C22H27N3O4. The molecule has 1 atom stereocenters. The highest BCUT2D eigenvalue weighted by Crippen LogP contribution is 2.26. The maximum atomic E-state index is 12.9. The molecule has 1 aliphatic heterocycles. The SMILES string of the molecule is CCNC(=O)C1(Cc2ccc(-c3ccncc3)cc2)CN(C(=O)COC)CCO1. The Balaban J connectivity index is 1.82. The number of ether oxygens (including phenoxy) is 2. The van der Waals surface area contributed by atoms with E-state index in [2.05, 4.69) is 10.3 Å². The first-order chi connectivity index (χ1) is 14.1. The lowest BCUT2D eigenvalue weighted by atomic mass is 9.90. The van der Waals surface area contributed by atoms with Gasteiger partial charge >= 0.3 is 0 Å². The Labute approximate surface area is 171 Å². The van der Waals surface area contributed by atoms with E-state index < -0.39 is 5.60 Å². The van der Waals surface area contributed by atoms with E-state index in [-0.39, 0.29) is 25.0 Å². The zero-order chi connectivity index (χ0) is 20.7. The molecule has 1 aliphatic rings. The van der Waals surface area contributed by atoms with Crippen LogP contribution in [0.25, 0.3) is 11.1 Å². The van der Waals surface area contributed by atoms with Crippen LogP contribution < -0.4 is 5.32 Å². The lowest BCUT2D eigenvalue weighted by Crippen LogP contribution is -2.62. The number of carbonyl (C=O) groups excluding carboxylic acids is 2. The van der Waals surface area contributed by atoms with Crippen LogP contribution in [-0.2, 0) is 25.5 Å². The van der Waals surface area contributed by atoms with E-state index in [1.165, 1.54) is 7.11 Å². The summed E-state index contributed by atoms with van der Waals surface area (Å²) in [6.07, 6.45) is 3.90. The maximum absolute atomic E-state index is 12.9. The fourth-order valence-electron chi connectivity index (χ4n) is 3.55. The predicted octanol–water partition coefficient (Wildman–Crippen LogP) is 1.67. The second kappa shape index (κ2) is 9.62. The topological polar surface area (TPSA) is 80.8 Å². The number of hydrogen-bond acceptors (Lipinski definition) is 5. The molecule has 0 radical (unpaired) electrons. The number of morpholine rings is 1. The second-order valence-corrected chi connectivity index (χ2v) is 7.06. The standard InChI is InChI=1S/C22H27N3O4/c1-3-24-21(27)22(16-25(12-13-29-22)20(26)15-28-2)14-17-4-6-18(7-5-17)19-8-10-23-11-9-19/h4-11H,3,12-16H2,1-2H3,(H,24,27). The Bertz CT molecular complexity index is 826. The molecule has 1 N–H and O–H groups in total. The molecule has 0 spiro atoms. The van der Waals surface area contributed by atoms with E-state index in [1.807, 2.05) is 43.3 Å². The Morgan fingerprint density at radius 3 is 2.52 bits per heavy atom. The van der Waals surface area contributed by atoms with Crippen LogP contribution in [0.15, 0.2) is 48.8 Å². The van der Waals surface area contributed by atoms with Gasteiger partial charge in [-0.25, -0.2) is 0 Å². The summed E-state index contributed by atoms with van der Waals surface area (Å²) in [5.41, 5.74) is 2.01. The first-order valence-corrected chi connectivity index (χ1v) is 9.76. The summed E-state index contributed by atoms with van der Waals surface area (Å²) in [6.45, 7) is 3.31. The monoisotopic (exact) mass is 397 g/mol. The molecule has 1 aromatic heterocycles. The van der Waals surface area contributed by atoms with Gasteiger partial charge in [-0.3, -0.25) is 14.6 Å². The van der Waals surface area contributed by atoms with Crippen LogP contribution in [0.5, 0.6) is 0 Å². The van der Waals surface area contributed by atoms with Gasteiger partial charge in [0.2, 0.25) is 5.91 Å². The molecule has 1 aromatic carbocycles. The molecule has 1 fully saturated rings. The van der Waals surface area contributed by atoms with Crippen molar-refractivity contribution in [3.63, 3.8) is 0 Å². The fraction of sp³-hybridized carbons (Fsp3) is 0.409. The Kier molecular flexibility index (Phi) is 6.95. The summed E-state index contributed by atoms with van der Waals surface area (Å²) < 4.78 is 11.0. The lowest BCUT2D eigenvalue weighted by Gasteiger charge is -2.41.